The molecule has 0 spiro atoms. The molecule has 2 aromatic rings. The Hall–Kier alpha value is -1.37. The van der Waals surface area contributed by atoms with E-state index >= 15 is 0 Å². The second kappa shape index (κ2) is 12.4. The van der Waals surface area contributed by atoms with Crippen LogP contribution < -0.4 is 11.1 Å². The molecular formula is C23H32Br2N2O2. The predicted octanol–water partition coefficient (Wildman–Crippen LogP) is 6.24. The van der Waals surface area contributed by atoms with Gasteiger partial charge in [-0.15, -0.1) is 0 Å². The fourth-order valence-electron chi connectivity index (χ4n) is 2.53. The highest BCUT2D eigenvalue weighted by molar-refractivity contribution is 9.10. The van der Waals surface area contributed by atoms with Crippen LogP contribution in [0.2, 0.25) is 0 Å². The summed E-state index contributed by atoms with van der Waals surface area (Å²) in [6, 6.07) is 16.6. The lowest BCUT2D eigenvalue weighted by Gasteiger charge is -2.22. The van der Waals surface area contributed by atoms with Gasteiger partial charge in [-0.1, -0.05) is 56.1 Å². The maximum Gasteiger partial charge on any atom is 0.407 e. The number of alkyl carbamates (subject to hydrolysis) is 1. The third kappa shape index (κ3) is 12.7. The van der Waals surface area contributed by atoms with Crippen LogP contribution in [0, 0.1) is 0 Å². The SMILES string of the molecule is CC(Cc1ccc(Br)cc1)NC(=O)OC(C)(C)C.CC(N)Cc1ccc(Br)cc1. The van der Waals surface area contributed by atoms with Crippen molar-refractivity contribution in [2.45, 2.75) is 65.1 Å². The van der Waals surface area contributed by atoms with Gasteiger partial charge in [0, 0.05) is 21.0 Å². The van der Waals surface area contributed by atoms with Crippen molar-refractivity contribution < 1.29 is 9.53 Å². The molecule has 0 aromatic heterocycles. The van der Waals surface area contributed by atoms with Crippen LogP contribution in [0.25, 0.3) is 0 Å². The van der Waals surface area contributed by atoms with Crippen molar-refractivity contribution in [3.8, 4) is 0 Å². The standard InChI is InChI=1S/C14H20BrNO2.C9H12BrN/c1-10(16-13(17)18-14(2,3)4)9-11-5-7-12(15)8-6-11;1-7(11)6-8-2-4-9(10)5-3-8/h5-8,10H,9H2,1-4H3,(H,16,17);2-5,7H,6,11H2,1H3. The van der Waals surface area contributed by atoms with E-state index in [2.05, 4.69) is 49.3 Å². The number of ether oxygens (including phenoxy) is 1. The van der Waals surface area contributed by atoms with Gasteiger partial charge in [-0.2, -0.15) is 0 Å². The third-order valence-electron chi connectivity index (χ3n) is 3.69. The van der Waals surface area contributed by atoms with Crippen LogP contribution in [0.3, 0.4) is 0 Å². The third-order valence-corrected chi connectivity index (χ3v) is 4.75. The van der Waals surface area contributed by atoms with Crippen molar-refractivity contribution >= 4 is 38.0 Å². The van der Waals surface area contributed by atoms with Crippen molar-refractivity contribution in [3.63, 3.8) is 0 Å². The second-order valence-corrected chi connectivity index (χ2v) is 10.0. The number of carbonyl (C=O) groups excluding carboxylic acids is 1. The summed E-state index contributed by atoms with van der Waals surface area (Å²) < 4.78 is 7.38. The summed E-state index contributed by atoms with van der Waals surface area (Å²) in [5, 5.41) is 2.83. The van der Waals surface area contributed by atoms with Crippen LogP contribution in [0.4, 0.5) is 4.79 Å². The number of nitrogens with two attached hydrogens (primary N) is 1. The molecule has 0 heterocycles. The Labute approximate surface area is 191 Å². The Balaban J connectivity index is 0.000000326. The lowest BCUT2D eigenvalue weighted by Crippen LogP contribution is -2.38. The van der Waals surface area contributed by atoms with E-state index in [1.54, 1.807) is 0 Å². The topological polar surface area (TPSA) is 64.3 Å². The molecule has 4 nitrogen and oxygen atoms in total. The van der Waals surface area contributed by atoms with Gasteiger partial charge in [0.1, 0.15) is 5.60 Å². The van der Waals surface area contributed by atoms with Crippen molar-refractivity contribution in [2.24, 2.45) is 5.73 Å². The van der Waals surface area contributed by atoms with Gasteiger partial charge >= 0.3 is 6.09 Å². The molecule has 160 valence electrons. The number of nitrogens with one attached hydrogen (secondary N) is 1. The van der Waals surface area contributed by atoms with E-state index in [0.717, 1.165) is 21.8 Å². The molecule has 0 radical (unpaired) electrons. The first-order valence-corrected chi connectivity index (χ1v) is 11.3. The lowest BCUT2D eigenvalue weighted by molar-refractivity contribution is 0.0508. The van der Waals surface area contributed by atoms with E-state index in [1.807, 2.05) is 71.0 Å². The highest BCUT2D eigenvalue weighted by Gasteiger charge is 2.17. The molecule has 2 atom stereocenters. The fraction of sp³-hybridized carbons (Fsp3) is 0.435. The lowest BCUT2D eigenvalue weighted by atomic mass is 10.1. The smallest absolute Gasteiger partial charge is 0.407 e. The largest absolute Gasteiger partial charge is 0.444 e. The maximum absolute atomic E-state index is 11.6. The average molecular weight is 528 g/mol. The zero-order valence-corrected chi connectivity index (χ0v) is 21.0. The summed E-state index contributed by atoms with van der Waals surface area (Å²) in [7, 11) is 0. The highest BCUT2D eigenvalue weighted by Crippen LogP contribution is 2.13. The molecule has 6 heteroatoms. The number of benzene rings is 2. The zero-order chi connectivity index (χ0) is 22.0. The van der Waals surface area contributed by atoms with Crippen LogP contribution in [-0.2, 0) is 17.6 Å². The Kier molecular flexibility index (Phi) is 10.9. The molecule has 3 N–H and O–H groups in total. The molecule has 1 amide bonds. The molecule has 0 saturated carbocycles. The average Bonchev–Trinajstić information content (AvgIpc) is 2.57. The number of halogens is 2. The molecule has 2 rings (SSSR count). The van der Waals surface area contributed by atoms with Crippen LogP contribution >= 0.6 is 31.9 Å². The Bertz CT molecular complexity index is 739. The molecule has 0 saturated heterocycles. The number of hydrogen-bond acceptors (Lipinski definition) is 3. The van der Waals surface area contributed by atoms with Crippen LogP contribution in [0.5, 0.6) is 0 Å². The quantitative estimate of drug-likeness (QED) is 0.483. The van der Waals surface area contributed by atoms with Crippen molar-refractivity contribution in [2.75, 3.05) is 0 Å². The molecule has 0 aliphatic heterocycles. The minimum Gasteiger partial charge on any atom is -0.444 e. The van der Waals surface area contributed by atoms with Gasteiger partial charge < -0.3 is 15.8 Å². The Morgan fingerprint density at radius 2 is 1.34 bits per heavy atom. The van der Waals surface area contributed by atoms with Crippen molar-refractivity contribution in [1.82, 2.24) is 5.32 Å². The molecule has 2 unspecified atom stereocenters. The van der Waals surface area contributed by atoms with Crippen LogP contribution in [-0.4, -0.2) is 23.8 Å². The second-order valence-electron chi connectivity index (χ2n) is 8.19. The molecule has 0 aliphatic carbocycles. The van der Waals surface area contributed by atoms with Gasteiger partial charge in [-0.25, -0.2) is 4.79 Å². The van der Waals surface area contributed by atoms with Crippen LogP contribution in [0.1, 0.15) is 45.7 Å². The van der Waals surface area contributed by atoms with Gasteiger partial charge in [-0.05, 0) is 82.9 Å². The summed E-state index contributed by atoms with van der Waals surface area (Å²) in [5.74, 6) is 0. The van der Waals surface area contributed by atoms with E-state index in [9.17, 15) is 4.79 Å². The van der Waals surface area contributed by atoms with Gasteiger partial charge in [0.15, 0.2) is 0 Å². The van der Waals surface area contributed by atoms with Gasteiger partial charge in [-0.3, -0.25) is 0 Å². The molecular weight excluding hydrogens is 496 g/mol. The monoisotopic (exact) mass is 526 g/mol. The summed E-state index contributed by atoms with van der Waals surface area (Å²) in [6.45, 7) is 9.54. The Morgan fingerprint density at radius 3 is 1.72 bits per heavy atom. The summed E-state index contributed by atoms with van der Waals surface area (Å²) in [6.07, 6.45) is 1.37. The number of amides is 1. The van der Waals surface area contributed by atoms with E-state index in [-0.39, 0.29) is 18.2 Å². The zero-order valence-electron chi connectivity index (χ0n) is 17.8. The minimum atomic E-state index is -0.457. The molecule has 0 fully saturated rings. The summed E-state index contributed by atoms with van der Waals surface area (Å²) in [4.78, 5) is 11.6. The first-order valence-electron chi connectivity index (χ1n) is 9.68. The molecule has 0 aliphatic rings. The number of rotatable bonds is 5. The molecule has 29 heavy (non-hydrogen) atoms. The molecule has 0 bridgehead atoms. The first-order chi connectivity index (χ1) is 13.4. The van der Waals surface area contributed by atoms with Crippen LogP contribution in [0.15, 0.2) is 57.5 Å². The van der Waals surface area contributed by atoms with Gasteiger partial charge in [0.25, 0.3) is 0 Å². The highest BCUT2D eigenvalue weighted by atomic mass is 79.9. The van der Waals surface area contributed by atoms with E-state index in [0.29, 0.717) is 0 Å². The van der Waals surface area contributed by atoms with E-state index < -0.39 is 5.60 Å². The fourth-order valence-corrected chi connectivity index (χ4v) is 3.05. The van der Waals surface area contributed by atoms with Gasteiger partial charge in [0.2, 0.25) is 0 Å². The number of carbonyl (C=O) groups is 1. The van der Waals surface area contributed by atoms with Gasteiger partial charge in [0.05, 0.1) is 0 Å². The summed E-state index contributed by atoms with van der Waals surface area (Å²) in [5.41, 5.74) is 7.67. The predicted molar refractivity (Wildman–Crippen MR) is 128 cm³/mol. The maximum atomic E-state index is 11.6. The van der Waals surface area contributed by atoms with Crippen molar-refractivity contribution in [3.05, 3.63) is 68.6 Å². The normalized spacial score (nSPS) is 13.0. The Morgan fingerprint density at radius 1 is 0.931 bits per heavy atom. The molecule has 2 aromatic carbocycles. The van der Waals surface area contributed by atoms with Crippen molar-refractivity contribution in [1.29, 1.82) is 0 Å². The van der Waals surface area contributed by atoms with E-state index in [1.165, 1.54) is 11.1 Å². The minimum absolute atomic E-state index is 0.0426. The number of hydrogen-bond donors (Lipinski definition) is 2. The summed E-state index contributed by atoms with van der Waals surface area (Å²) >= 11 is 6.78. The van der Waals surface area contributed by atoms with E-state index in [4.69, 9.17) is 10.5 Å². The first kappa shape index (κ1) is 25.7.